The molecule has 0 fully saturated rings. The van der Waals surface area contributed by atoms with Gasteiger partial charge in [0.05, 0.1) is 0 Å². The summed E-state index contributed by atoms with van der Waals surface area (Å²) in [5.74, 6) is 0. The fourth-order valence-electron chi connectivity index (χ4n) is 2.59. The lowest BCUT2D eigenvalue weighted by Gasteiger charge is -2.10. The Bertz CT molecular complexity index is 275. The zero-order chi connectivity index (χ0) is 11.1. The van der Waals surface area contributed by atoms with E-state index in [1.54, 1.807) is 0 Å². The Morgan fingerprint density at radius 1 is 0.750 bits per heavy atom. The summed E-state index contributed by atoms with van der Waals surface area (Å²) in [7, 11) is 0. The number of hydrogen-bond acceptors (Lipinski definition) is 1. The monoisotopic (exact) mass is 217 g/mol. The highest BCUT2D eigenvalue weighted by Gasteiger charge is 2.04. The Morgan fingerprint density at radius 3 is 2.12 bits per heavy atom. The van der Waals surface area contributed by atoms with Crippen molar-refractivity contribution in [3.63, 3.8) is 0 Å². The van der Waals surface area contributed by atoms with E-state index in [2.05, 4.69) is 17.1 Å². The highest BCUT2D eigenvalue weighted by molar-refractivity contribution is 5.20. The summed E-state index contributed by atoms with van der Waals surface area (Å²) in [6.07, 6.45) is 15.6. The zero-order valence-corrected chi connectivity index (χ0v) is 10.3. The van der Waals surface area contributed by atoms with Gasteiger partial charge in [-0.2, -0.15) is 0 Å². The fraction of sp³-hybridized carbons (Fsp3) is 0.667. The van der Waals surface area contributed by atoms with Crippen molar-refractivity contribution in [3.8, 4) is 0 Å². The van der Waals surface area contributed by atoms with Crippen LogP contribution in [0.3, 0.4) is 0 Å². The van der Waals surface area contributed by atoms with Crippen molar-refractivity contribution in [2.45, 2.75) is 64.2 Å². The molecule has 0 saturated heterocycles. The fourth-order valence-corrected chi connectivity index (χ4v) is 2.59. The van der Waals surface area contributed by atoms with Crippen molar-refractivity contribution in [1.29, 1.82) is 0 Å². The molecule has 0 saturated carbocycles. The summed E-state index contributed by atoms with van der Waals surface area (Å²) in [5.41, 5.74) is 2.87. The van der Waals surface area contributed by atoms with Gasteiger partial charge in [-0.25, -0.2) is 0 Å². The summed E-state index contributed by atoms with van der Waals surface area (Å²) in [6.45, 7) is 0. The topological polar surface area (TPSA) is 12.9 Å². The molecule has 0 amide bonds. The molecule has 1 aromatic rings. The maximum atomic E-state index is 4.55. The van der Waals surface area contributed by atoms with Crippen LogP contribution in [0.1, 0.15) is 62.6 Å². The number of aromatic nitrogens is 1. The average molecular weight is 217 g/mol. The largest absolute Gasteiger partial charge is 0.261 e. The molecular formula is C15H23N. The lowest BCUT2D eigenvalue weighted by Crippen LogP contribution is -1.99. The van der Waals surface area contributed by atoms with Gasteiger partial charge in [0.15, 0.2) is 0 Å². The highest BCUT2D eigenvalue weighted by atomic mass is 14.7. The van der Waals surface area contributed by atoms with Crippen molar-refractivity contribution in [3.05, 3.63) is 29.6 Å². The second-order valence-corrected chi connectivity index (χ2v) is 4.94. The molecule has 0 aromatic carbocycles. The van der Waals surface area contributed by atoms with Crippen LogP contribution in [0.2, 0.25) is 0 Å². The van der Waals surface area contributed by atoms with Gasteiger partial charge in [-0.1, -0.05) is 44.6 Å². The second-order valence-electron chi connectivity index (χ2n) is 4.94. The number of hydrogen-bond donors (Lipinski definition) is 0. The predicted octanol–water partition coefficient (Wildman–Crippen LogP) is 4.30. The molecular weight excluding hydrogens is 194 g/mol. The minimum atomic E-state index is 1.19. The van der Waals surface area contributed by atoms with Gasteiger partial charge in [0, 0.05) is 11.9 Å². The lowest BCUT2D eigenvalue weighted by molar-refractivity contribution is 0.557. The minimum absolute atomic E-state index is 1.19. The van der Waals surface area contributed by atoms with E-state index >= 15 is 0 Å². The van der Waals surface area contributed by atoms with E-state index in [-0.39, 0.29) is 0 Å². The number of nitrogens with zero attached hydrogens (tertiary/aromatic N) is 1. The molecule has 0 bridgehead atoms. The number of aryl methyl sites for hydroxylation is 2. The first-order valence-corrected chi connectivity index (χ1v) is 6.89. The Balaban J connectivity index is 1.99. The third-order valence-electron chi connectivity index (χ3n) is 3.59. The maximum absolute atomic E-state index is 4.55. The number of fused-ring (bicyclic) bond motifs is 1. The van der Waals surface area contributed by atoms with Crippen LogP contribution in [-0.4, -0.2) is 4.98 Å². The SMILES string of the molecule is c1cnc2c(c1)CCCCCCCCCC2. The van der Waals surface area contributed by atoms with Gasteiger partial charge in [0.25, 0.3) is 0 Å². The van der Waals surface area contributed by atoms with E-state index in [4.69, 9.17) is 0 Å². The minimum Gasteiger partial charge on any atom is -0.261 e. The number of pyridine rings is 1. The Hall–Kier alpha value is -0.850. The first kappa shape index (κ1) is 11.6. The molecule has 0 aliphatic heterocycles. The van der Waals surface area contributed by atoms with E-state index < -0.39 is 0 Å². The molecule has 0 N–H and O–H groups in total. The summed E-state index contributed by atoms with van der Waals surface area (Å²) in [4.78, 5) is 4.55. The van der Waals surface area contributed by atoms with Crippen LogP contribution in [0.25, 0.3) is 0 Å². The first-order valence-electron chi connectivity index (χ1n) is 6.89. The van der Waals surface area contributed by atoms with Crippen molar-refractivity contribution in [2.75, 3.05) is 0 Å². The Kier molecular flexibility index (Phi) is 4.85. The van der Waals surface area contributed by atoms with Crippen molar-refractivity contribution in [1.82, 2.24) is 4.98 Å². The molecule has 0 unspecified atom stereocenters. The van der Waals surface area contributed by atoms with Gasteiger partial charge < -0.3 is 0 Å². The molecule has 1 heteroatoms. The van der Waals surface area contributed by atoms with Crippen molar-refractivity contribution in [2.24, 2.45) is 0 Å². The smallest absolute Gasteiger partial charge is 0.0435 e. The van der Waals surface area contributed by atoms with Crippen LogP contribution in [0, 0.1) is 0 Å². The number of rotatable bonds is 0. The molecule has 0 radical (unpaired) electrons. The van der Waals surface area contributed by atoms with Crippen LogP contribution >= 0.6 is 0 Å². The van der Waals surface area contributed by atoms with Gasteiger partial charge in [-0.3, -0.25) is 4.98 Å². The Morgan fingerprint density at radius 2 is 1.38 bits per heavy atom. The zero-order valence-electron chi connectivity index (χ0n) is 10.3. The van der Waals surface area contributed by atoms with Gasteiger partial charge in [-0.05, 0) is 37.3 Å². The van der Waals surface area contributed by atoms with Crippen LogP contribution in [-0.2, 0) is 12.8 Å². The molecule has 2 rings (SSSR count). The van der Waals surface area contributed by atoms with Crippen LogP contribution in [0.5, 0.6) is 0 Å². The summed E-state index contributed by atoms with van der Waals surface area (Å²) in [5, 5.41) is 0. The highest BCUT2D eigenvalue weighted by Crippen LogP contribution is 2.17. The molecule has 16 heavy (non-hydrogen) atoms. The molecule has 1 aliphatic carbocycles. The van der Waals surface area contributed by atoms with Crippen LogP contribution in [0.15, 0.2) is 18.3 Å². The normalized spacial score (nSPS) is 19.2. The summed E-state index contributed by atoms with van der Waals surface area (Å²) < 4.78 is 0. The van der Waals surface area contributed by atoms with Crippen LogP contribution < -0.4 is 0 Å². The molecule has 1 heterocycles. The molecule has 0 spiro atoms. The van der Waals surface area contributed by atoms with Crippen molar-refractivity contribution < 1.29 is 0 Å². The Labute approximate surface area is 99.3 Å². The van der Waals surface area contributed by atoms with E-state index in [1.807, 2.05) is 6.20 Å². The average Bonchev–Trinajstić information content (AvgIpc) is 2.30. The van der Waals surface area contributed by atoms with Gasteiger partial charge in [0.2, 0.25) is 0 Å². The standard InChI is InChI=1S/C15H23N/c1-2-4-6-8-12-15-14(10-7-5-3-1)11-9-13-16-15/h9,11,13H,1-8,10,12H2. The lowest BCUT2D eigenvalue weighted by atomic mass is 9.98. The second kappa shape index (κ2) is 6.67. The summed E-state index contributed by atoms with van der Waals surface area (Å²) >= 11 is 0. The van der Waals surface area contributed by atoms with Gasteiger partial charge in [-0.15, -0.1) is 0 Å². The van der Waals surface area contributed by atoms with E-state index in [0.717, 1.165) is 0 Å². The predicted molar refractivity (Wildman–Crippen MR) is 68.6 cm³/mol. The van der Waals surface area contributed by atoms with Gasteiger partial charge in [0.1, 0.15) is 0 Å². The summed E-state index contributed by atoms with van der Waals surface area (Å²) in [6, 6.07) is 4.36. The van der Waals surface area contributed by atoms with Crippen LogP contribution in [0.4, 0.5) is 0 Å². The molecule has 0 atom stereocenters. The quantitative estimate of drug-likeness (QED) is 0.631. The molecule has 1 aliphatic rings. The van der Waals surface area contributed by atoms with E-state index in [9.17, 15) is 0 Å². The van der Waals surface area contributed by atoms with E-state index in [0.29, 0.717) is 0 Å². The third-order valence-corrected chi connectivity index (χ3v) is 3.59. The first-order chi connectivity index (χ1) is 7.97. The molecule has 88 valence electrons. The molecule has 1 nitrogen and oxygen atoms in total. The van der Waals surface area contributed by atoms with Gasteiger partial charge >= 0.3 is 0 Å². The molecule has 1 aromatic heterocycles. The van der Waals surface area contributed by atoms with Crippen molar-refractivity contribution >= 4 is 0 Å². The van der Waals surface area contributed by atoms with E-state index in [1.165, 1.54) is 75.5 Å². The maximum Gasteiger partial charge on any atom is 0.0435 e. The third kappa shape index (κ3) is 3.62.